The monoisotopic (exact) mass is 273 g/mol. The number of rotatable bonds is 5. The highest BCUT2D eigenvalue weighted by Crippen LogP contribution is 2.38. The summed E-state index contributed by atoms with van der Waals surface area (Å²) in [5.41, 5.74) is 4.90. The molecule has 0 saturated heterocycles. The van der Waals surface area contributed by atoms with Crippen LogP contribution < -0.4 is 16.6 Å². The molecule has 2 aromatic rings. The van der Waals surface area contributed by atoms with Gasteiger partial charge in [0.15, 0.2) is 0 Å². The van der Waals surface area contributed by atoms with Crippen molar-refractivity contribution in [1.29, 1.82) is 0 Å². The second-order valence-corrected chi connectivity index (χ2v) is 5.15. The van der Waals surface area contributed by atoms with Crippen molar-refractivity contribution >= 4 is 11.6 Å². The maximum atomic E-state index is 5.46. The fraction of sp³-hybridized carbons (Fsp3) is 0.462. The molecule has 106 valence electrons. The van der Waals surface area contributed by atoms with Crippen LogP contribution in [0.4, 0.5) is 11.6 Å². The molecule has 7 nitrogen and oxygen atoms in total. The second kappa shape index (κ2) is 5.09. The Morgan fingerprint density at radius 2 is 2.10 bits per heavy atom. The van der Waals surface area contributed by atoms with Crippen molar-refractivity contribution in [3.63, 3.8) is 0 Å². The largest absolute Gasteiger partial charge is 0.366 e. The predicted octanol–water partition coefficient (Wildman–Crippen LogP) is 1.29. The summed E-state index contributed by atoms with van der Waals surface area (Å²) in [6, 6.07) is 1.82. The molecule has 0 aromatic carbocycles. The Morgan fingerprint density at radius 1 is 1.35 bits per heavy atom. The van der Waals surface area contributed by atoms with Crippen LogP contribution in [0.1, 0.15) is 35.8 Å². The SMILES string of the molecule is Cc1c(CNc2cc(NN)nc(C3CC3)n2)cnn1C. The molecule has 0 atom stereocenters. The van der Waals surface area contributed by atoms with E-state index in [1.807, 2.05) is 30.9 Å². The molecule has 1 aliphatic carbocycles. The molecule has 0 bridgehead atoms. The Labute approximate surface area is 117 Å². The Balaban J connectivity index is 1.76. The third-order valence-corrected chi connectivity index (χ3v) is 3.63. The van der Waals surface area contributed by atoms with Gasteiger partial charge in [0, 0.05) is 36.8 Å². The Morgan fingerprint density at radius 3 is 2.70 bits per heavy atom. The van der Waals surface area contributed by atoms with Crippen LogP contribution in [0.2, 0.25) is 0 Å². The summed E-state index contributed by atoms with van der Waals surface area (Å²) in [7, 11) is 1.94. The van der Waals surface area contributed by atoms with Gasteiger partial charge in [0.2, 0.25) is 0 Å². The molecule has 2 heterocycles. The van der Waals surface area contributed by atoms with Gasteiger partial charge < -0.3 is 10.7 Å². The molecule has 1 aliphatic rings. The average Bonchev–Trinajstić information content (AvgIpc) is 3.26. The third-order valence-electron chi connectivity index (χ3n) is 3.63. The van der Waals surface area contributed by atoms with E-state index in [-0.39, 0.29) is 0 Å². The van der Waals surface area contributed by atoms with Crippen LogP contribution in [-0.4, -0.2) is 19.7 Å². The highest BCUT2D eigenvalue weighted by atomic mass is 15.3. The van der Waals surface area contributed by atoms with Gasteiger partial charge in [-0.05, 0) is 19.8 Å². The molecule has 1 fully saturated rings. The minimum Gasteiger partial charge on any atom is -0.366 e. The van der Waals surface area contributed by atoms with E-state index in [4.69, 9.17) is 5.84 Å². The van der Waals surface area contributed by atoms with Crippen molar-refractivity contribution in [2.45, 2.75) is 32.2 Å². The molecule has 4 N–H and O–H groups in total. The smallest absolute Gasteiger partial charge is 0.145 e. The number of hydrazine groups is 1. The Hall–Kier alpha value is -2.15. The maximum Gasteiger partial charge on any atom is 0.145 e. The number of anilines is 2. The van der Waals surface area contributed by atoms with Crippen LogP contribution in [0, 0.1) is 6.92 Å². The first-order valence-corrected chi connectivity index (χ1v) is 6.74. The first-order valence-electron chi connectivity index (χ1n) is 6.74. The number of nitrogen functional groups attached to an aromatic ring is 1. The third kappa shape index (κ3) is 2.57. The van der Waals surface area contributed by atoms with Gasteiger partial charge in [0.25, 0.3) is 0 Å². The molecule has 0 radical (unpaired) electrons. The summed E-state index contributed by atoms with van der Waals surface area (Å²) in [5.74, 6) is 8.25. The lowest BCUT2D eigenvalue weighted by molar-refractivity contribution is 0.738. The number of nitrogens with two attached hydrogens (primary N) is 1. The lowest BCUT2D eigenvalue weighted by Gasteiger charge is -2.09. The van der Waals surface area contributed by atoms with E-state index in [0.717, 1.165) is 35.7 Å². The van der Waals surface area contributed by atoms with Gasteiger partial charge in [-0.3, -0.25) is 4.68 Å². The molecule has 2 aromatic heterocycles. The second-order valence-electron chi connectivity index (χ2n) is 5.15. The Bertz CT molecular complexity index is 615. The zero-order valence-corrected chi connectivity index (χ0v) is 11.7. The lowest BCUT2D eigenvalue weighted by atomic mass is 10.2. The summed E-state index contributed by atoms with van der Waals surface area (Å²) in [4.78, 5) is 8.94. The molecule has 0 unspecified atom stereocenters. The average molecular weight is 273 g/mol. The first kappa shape index (κ1) is 12.9. The molecule has 20 heavy (non-hydrogen) atoms. The van der Waals surface area contributed by atoms with Gasteiger partial charge in [-0.1, -0.05) is 0 Å². The molecule has 7 heteroatoms. The van der Waals surface area contributed by atoms with E-state index in [2.05, 4.69) is 25.8 Å². The standard InChI is InChI=1S/C13H19N7/c1-8-10(7-16-20(8)2)6-15-11-5-12(19-14)18-13(17-11)9-3-4-9/h5,7,9H,3-4,6,14H2,1-2H3,(H2,15,17,18,19). The van der Waals surface area contributed by atoms with E-state index in [1.165, 1.54) is 0 Å². The number of nitrogens with one attached hydrogen (secondary N) is 2. The minimum absolute atomic E-state index is 0.490. The fourth-order valence-electron chi connectivity index (χ4n) is 2.06. The van der Waals surface area contributed by atoms with Crippen molar-refractivity contribution in [2.24, 2.45) is 12.9 Å². The van der Waals surface area contributed by atoms with Crippen molar-refractivity contribution in [3.8, 4) is 0 Å². The summed E-state index contributed by atoms with van der Waals surface area (Å²) in [5, 5.41) is 7.54. The molecule has 0 spiro atoms. The number of nitrogens with zero attached hydrogens (tertiary/aromatic N) is 4. The zero-order valence-electron chi connectivity index (χ0n) is 11.7. The highest BCUT2D eigenvalue weighted by molar-refractivity contribution is 5.48. The number of aromatic nitrogens is 4. The van der Waals surface area contributed by atoms with E-state index in [1.54, 1.807) is 0 Å². The van der Waals surface area contributed by atoms with E-state index < -0.39 is 0 Å². The molecular weight excluding hydrogens is 254 g/mol. The van der Waals surface area contributed by atoms with Gasteiger partial charge in [-0.15, -0.1) is 0 Å². The van der Waals surface area contributed by atoms with Gasteiger partial charge >= 0.3 is 0 Å². The zero-order chi connectivity index (χ0) is 14.1. The first-order chi connectivity index (χ1) is 9.67. The molecule has 1 saturated carbocycles. The van der Waals surface area contributed by atoms with E-state index in [9.17, 15) is 0 Å². The van der Waals surface area contributed by atoms with Crippen LogP contribution in [0.3, 0.4) is 0 Å². The van der Waals surface area contributed by atoms with Crippen LogP contribution in [0.15, 0.2) is 12.3 Å². The number of hydrogen-bond donors (Lipinski definition) is 3. The predicted molar refractivity (Wildman–Crippen MR) is 77.1 cm³/mol. The maximum absolute atomic E-state index is 5.46. The Kier molecular flexibility index (Phi) is 3.27. The molecule has 0 aliphatic heterocycles. The van der Waals surface area contributed by atoms with Gasteiger partial charge in [0.1, 0.15) is 17.5 Å². The van der Waals surface area contributed by atoms with Crippen LogP contribution >= 0.6 is 0 Å². The molecule has 3 rings (SSSR count). The molecular formula is C13H19N7. The normalized spacial score (nSPS) is 14.3. The minimum atomic E-state index is 0.490. The highest BCUT2D eigenvalue weighted by Gasteiger charge is 2.27. The summed E-state index contributed by atoms with van der Waals surface area (Å²) in [6.07, 6.45) is 4.19. The summed E-state index contributed by atoms with van der Waals surface area (Å²) in [6.45, 7) is 2.73. The number of aryl methyl sites for hydroxylation is 1. The van der Waals surface area contributed by atoms with E-state index in [0.29, 0.717) is 18.3 Å². The van der Waals surface area contributed by atoms with Crippen molar-refractivity contribution < 1.29 is 0 Å². The van der Waals surface area contributed by atoms with Gasteiger partial charge in [-0.25, -0.2) is 15.8 Å². The molecule has 0 amide bonds. The van der Waals surface area contributed by atoms with Crippen LogP contribution in [-0.2, 0) is 13.6 Å². The van der Waals surface area contributed by atoms with Crippen molar-refractivity contribution in [1.82, 2.24) is 19.7 Å². The van der Waals surface area contributed by atoms with E-state index >= 15 is 0 Å². The quantitative estimate of drug-likeness (QED) is 0.561. The summed E-state index contributed by atoms with van der Waals surface area (Å²) >= 11 is 0. The van der Waals surface area contributed by atoms with Crippen LogP contribution in [0.5, 0.6) is 0 Å². The van der Waals surface area contributed by atoms with Gasteiger partial charge in [-0.2, -0.15) is 5.10 Å². The topological polar surface area (TPSA) is 93.7 Å². The fourth-order valence-corrected chi connectivity index (χ4v) is 2.06. The number of hydrogen-bond acceptors (Lipinski definition) is 6. The lowest BCUT2D eigenvalue weighted by Crippen LogP contribution is -2.12. The van der Waals surface area contributed by atoms with Gasteiger partial charge in [0.05, 0.1) is 6.20 Å². The summed E-state index contributed by atoms with van der Waals surface area (Å²) < 4.78 is 1.86. The van der Waals surface area contributed by atoms with Crippen molar-refractivity contribution in [3.05, 3.63) is 29.3 Å². The van der Waals surface area contributed by atoms with Crippen molar-refractivity contribution in [2.75, 3.05) is 10.7 Å². The van der Waals surface area contributed by atoms with Crippen LogP contribution in [0.25, 0.3) is 0 Å².